The SMILES string of the molecule is CC1=C(C(=O)Nc2cccc(C)c2)C(c2ccccc2[N+](=O)[O-])n2nnnc2N1. The number of aryl methyl sites for hydroxylation is 1. The molecule has 10 nitrogen and oxygen atoms in total. The van der Waals surface area contributed by atoms with Crippen LogP contribution in [0.25, 0.3) is 0 Å². The number of nitro benzene ring substituents is 1. The van der Waals surface area contributed by atoms with Crippen LogP contribution >= 0.6 is 0 Å². The number of nitro groups is 1. The first kappa shape index (κ1) is 18.3. The molecule has 0 radical (unpaired) electrons. The van der Waals surface area contributed by atoms with E-state index in [-0.39, 0.29) is 5.69 Å². The topological polar surface area (TPSA) is 128 Å². The Kier molecular flexibility index (Phi) is 4.51. The van der Waals surface area contributed by atoms with Gasteiger partial charge in [0.1, 0.15) is 6.04 Å². The monoisotopic (exact) mass is 391 g/mol. The van der Waals surface area contributed by atoms with E-state index in [1.807, 2.05) is 25.1 Å². The smallest absolute Gasteiger partial charge is 0.275 e. The molecule has 1 aromatic heterocycles. The van der Waals surface area contributed by atoms with Crippen molar-refractivity contribution in [1.82, 2.24) is 20.2 Å². The number of benzene rings is 2. The first-order valence-corrected chi connectivity index (χ1v) is 8.82. The van der Waals surface area contributed by atoms with Gasteiger partial charge in [-0.15, -0.1) is 0 Å². The van der Waals surface area contributed by atoms with Gasteiger partial charge < -0.3 is 10.6 Å². The Balaban J connectivity index is 1.83. The number of nitrogens with zero attached hydrogens (tertiary/aromatic N) is 5. The lowest BCUT2D eigenvalue weighted by molar-refractivity contribution is -0.385. The van der Waals surface area contributed by atoms with Crippen LogP contribution in [0.1, 0.15) is 24.1 Å². The summed E-state index contributed by atoms with van der Waals surface area (Å²) in [6, 6.07) is 12.8. The standard InChI is InChI=1S/C19H17N7O3/c1-11-6-5-7-13(10-11)21-18(27)16-12(2)20-19-22-23-24-25(19)17(16)14-8-3-4-9-15(14)26(28)29/h3-10,17H,1-2H3,(H,21,27)(H,20,22,24). The van der Waals surface area contributed by atoms with Gasteiger partial charge in [0, 0.05) is 17.5 Å². The van der Waals surface area contributed by atoms with Crippen molar-refractivity contribution in [3.05, 3.63) is 81.0 Å². The molecule has 2 N–H and O–H groups in total. The normalized spacial score (nSPS) is 15.4. The fourth-order valence-electron chi connectivity index (χ4n) is 3.40. The van der Waals surface area contributed by atoms with Gasteiger partial charge in [0.05, 0.1) is 16.1 Å². The predicted molar refractivity (Wildman–Crippen MR) is 105 cm³/mol. The van der Waals surface area contributed by atoms with Crippen molar-refractivity contribution in [3.63, 3.8) is 0 Å². The molecule has 3 aromatic rings. The number of rotatable bonds is 4. The molecular formula is C19H17N7O3. The van der Waals surface area contributed by atoms with Gasteiger partial charge in [-0.2, -0.15) is 4.68 Å². The van der Waals surface area contributed by atoms with Crippen LogP contribution in [0.4, 0.5) is 17.3 Å². The van der Waals surface area contributed by atoms with Crippen molar-refractivity contribution in [1.29, 1.82) is 0 Å². The third-order valence-electron chi connectivity index (χ3n) is 4.66. The lowest BCUT2D eigenvalue weighted by atomic mass is 9.93. The molecule has 0 spiro atoms. The Labute approximate surface area is 165 Å². The summed E-state index contributed by atoms with van der Waals surface area (Å²) in [5.41, 5.74) is 2.63. The molecule has 10 heteroatoms. The molecule has 0 bridgehead atoms. The van der Waals surface area contributed by atoms with Gasteiger partial charge >= 0.3 is 0 Å². The zero-order valence-corrected chi connectivity index (χ0v) is 15.7. The van der Waals surface area contributed by atoms with E-state index < -0.39 is 16.9 Å². The Hall–Kier alpha value is -4.08. The van der Waals surface area contributed by atoms with Crippen LogP contribution in [0.3, 0.4) is 0 Å². The third-order valence-corrected chi connectivity index (χ3v) is 4.66. The highest BCUT2D eigenvalue weighted by molar-refractivity contribution is 6.06. The maximum absolute atomic E-state index is 13.2. The summed E-state index contributed by atoms with van der Waals surface area (Å²) in [5, 5.41) is 29.0. The number of amides is 1. The molecule has 4 rings (SSSR count). The van der Waals surface area contributed by atoms with E-state index in [0.717, 1.165) is 5.56 Å². The number of nitrogens with one attached hydrogen (secondary N) is 2. The van der Waals surface area contributed by atoms with Gasteiger partial charge in [-0.05, 0) is 48.0 Å². The first-order valence-electron chi connectivity index (χ1n) is 8.82. The average Bonchev–Trinajstić information content (AvgIpc) is 3.14. The van der Waals surface area contributed by atoms with Crippen LogP contribution in [0.2, 0.25) is 0 Å². The highest BCUT2D eigenvalue weighted by atomic mass is 16.6. The number of allylic oxidation sites excluding steroid dienone is 1. The summed E-state index contributed by atoms with van der Waals surface area (Å²) in [5.74, 6) is -0.0948. The fourth-order valence-corrected chi connectivity index (χ4v) is 3.40. The molecule has 146 valence electrons. The summed E-state index contributed by atoms with van der Waals surface area (Å²) >= 11 is 0. The summed E-state index contributed by atoms with van der Waals surface area (Å²) < 4.78 is 1.38. The summed E-state index contributed by atoms with van der Waals surface area (Å²) in [4.78, 5) is 24.4. The second kappa shape index (κ2) is 7.15. The molecule has 1 amide bonds. The Morgan fingerprint density at radius 2 is 2.00 bits per heavy atom. The minimum Gasteiger partial charge on any atom is -0.326 e. The molecule has 0 saturated carbocycles. The van der Waals surface area contributed by atoms with Crippen molar-refractivity contribution in [2.45, 2.75) is 19.9 Å². The number of carbonyl (C=O) groups is 1. The molecule has 29 heavy (non-hydrogen) atoms. The molecule has 1 unspecified atom stereocenters. The molecule has 2 heterocycles. The quantitative estimate of drug-likeness (QED) is 0.517. The van der Waals surface area contributed by atoms with Crippen molar-refractivity contribution in [2.75, 3.05) is 10.6 Å². The minimum absolute atomic E-state index is 0.116. The Bertz CT molecular complexity index is 1150. The van der Waals surface area contributed by atoms with Crippen LogP contribution in [0, 0.1) is 17.0 Å². The molecule has 1 aliphatic rings. The van der Waals surface area contributed by atoms with Crippen LogP contribution in [-0.4, -0.2) is 31.0 Å². The van der Waals surface area contributed by atoms with Crippen molar-refractivity contribution in [2.24, 2.45) is 0 Å². The lowest BCUT2D eigenvalue weighted by Gasteiger charge is -2.27. The highest BCUT2D eigenvalue weighted by Crippen LogP contribution is 2.38. The van der Waals surface area contributed by atoms with Crippen LogP contribution in [0.5, 0.6) is 0 Å². The van der Waals surface area contributed by atoms with E-state index in [0.29, 0.717) is 28.5 Å². The van der Waals surface area contributed by atoms with Gasteiger partial charge in [-0.3, -0.25) is 14.9 Å². The minimum atomic E-state index is -0.854. The zero-order valence-electron chi connectivity index (χ0n) is 15.7. The van der Waals surface area contributed by atoms with Crippen molar-refractivity contribution >= 4 is 23.2 Å². The second-order valence-electron chi connectivity index (χ2n) is 6.65. The van der Waals surface area contributed by atoms with E-state index in [9.17, 15) is 14.9 Å². The molecule has 2 aromatic carbocycles. The fraction of sp³-hybridized carbons (Fsp3) is 0.158. The summed E-state index contributed by atoms with van der Waals surface area (Å²) in [7, 11) is 0. The molecule has 0 saturated heterocycles. The van der Waals surface area contributed by atoms with E-state index >= 15 is 0 Å². The first-order chi connectivity index (χ1) is 14.0. The molecule has 1 aliphatic heterocycles. The van der Waals surface area contributed by atoms with Gasteiger partial charge in [0.25, 0.3) is 11.6 Å². The van der Waals surface area contributed by atoms with E-state index in [2.05, 4.69) is 26.2 Å². The van der Waals surface area contributed by atoms with Crippen LogP contribution in [0.15, 0.2) is 59.8 Å². The Morgan fingerprint density at radius 3 is 2.76 bits per heavy atom. The number of hydrogen-bond donors (Lipinski definition) is 2. The van der Waals surface area contributed by atoms with Crippen LogP contribution < -0.4 is 10.6 Å². The second-order valence-corrected chi connectivity index (χ2v) is 6.65. The number of hydrogen-bond acceptors (Lipinski definition) is 7. The number of aromatic nitrogens is 4. The van der Waals surface area contributed by atoms with Crippen molar-refractivity contribution < 1.29 is 9.72 Å². The number of para-hydroxylation sites is 1. The highest BCUT2D eigenvalue weighted by Gasteiger charge is 2.37. The van der Waals surface area contributed by atoms with E-state index in [1.54, 1.807) is 31.2 Å². The average molecular weight is 391 g/mol. The van der Waals surface area contributed by atoms with Gasteiger partial charge in [0.15, 0.2) is 0 Å². The third kappa shape index (κ3) is 3.31. The molecule has 0 aliphatic carbocycles. The zero-order chi connectivity index (χ0) is 20.5. The number of fused-ring (bicyclic) bond motifs is 1. The van der Waals surface area contributed by atoms with Gasteiger partial charge in [0.2, 0.25) is 5.95 Å². The number of anilines is 2. The van der Waals surface area contributed by atoms with E-state index in [4.69, 9.17) is 0 Å². The molecule has 1 atom stereocenters. The summed E-state index contributed by atoms with van der Waals surface area (Å²) in [6.45, 7) is 3.64. The largest absolute Gasteiger partial charge is 0.326 e. The number of carbonyl (C=O) groups excluding carboxylic acids is 1. The lowest BCUT2D eigenvalue weighted by Crippen LogP contribution is -2.32. The molecular weight excluding hydrogens is 374 g/mol. The summed E-state index contributed by atoms with van der Waals surface area (Å²) in [6.07, 6.45) is 0. The maximum Gasteiger partial charge on any atom is 0.275 e. The van der Waals surface area contributed by atoms with Crippen LogP contribution in [-0.2, 0) is 4.79 Å². The maximum atomic E-state index is 13.2. The molecule has 0 fully saturated rings. The van der Waals surface area contributed by atoms with Gasteiger partial charge in [-0.25, -0.2) is 0 Å². The van der Waals surface area contributed by atoms with E-state index in [1.165, 1.54) is 10.7 Å². The number of tetrazole rings is 1. The van der Waals surface area contributed by atoms with Gasteiger partial charge in [-0.1, -0.05) is 29.4 Å². The predicted octanol–water partition coefficient (Wildman–Crippen LogP) is 2.82. The Morgan fingerprint density at radius 1 is 1.21 bits per heavy atom. The van der Waals surface area contributed by atoms with Crippen molar-refractivity contribution in [3.8, 4) is 0 Å².